The summed E-state index contributed by atoms with van der Waals surface area (Å²) in [6, 6.07) is 4.10. The van der Waals surface area contributed by atoms with Crippen molar-refractivity contribution in [3.63, 3.8) is 0 Å². The molecule has 176 valence electrons. The Hall–Kier alpha value is -2.12. The molecule has 0 radical (unpaired) electrons. The van der Waals surface area contributed by atoms with Gasteiger partial charge in [-0.3, -0.25) is 19.4 Å². The second-order valence-corrected chi connectivity index (χ2v) is 7.88. The number of nitrogens with zero attached hydrogens (tertiary/aromatic N) is 6. The quantitative estimate of drug-likeness (QED) is 0.336. The minimum atomic E-state index is 0. The molecule has 0 bridgehead atoms. The van der Waals surface area contributed by atoms with Crippen molar-refractivity contribution in [2.24, 2.45) is 12.0 Å². The summed E-state index contributed by atoms with van der Waals surface area (Å²) in [7, 11) is 3.60. The Labute approximate surface area is 205 Å². The lowest BCUT2D eigenvalue weighted by Crippen LogP contribution is -2.56. The Balaban J connectivity index is 0.00000289. The van der Waals surface area contributed by atoms with E-state index in [9.17, 15) is 4.79 Å². The molecule has 0 aliphatic carbocycles. The second-order valence-electron chi connectivity index (χ2n) is 7.88. The van der Waals surface area contributed by atoms with Gasteiger partial charge in [0.15, 0.2) is 5.96 Å². The SMILES string of the molecule is CN=C(NCC(c1ccc(C)o1)N1CCOCC1)N1CCN(c2cnn(C)c2)C(=O)C1.I. The molecule has 2 aromatic rings. The molecule has 0 saturated carbocycles. The number of nitrogens with one attached hydrogen (secondary N) is 1. The van der Waals surface area contributed by atoms with E-state index in [1.165, 1.54) is 0 Å². The normalized spacial score (nSPS) is 19.1. The third-order valence-electron chi connectivity index (χ3n) is 5.76. The highest BCUT2D eigenvalue weighted by molar-refractivity contribution is 14.0. The molecular formula is C21H32IN7O3. The Morgan fingerprint density at radius 3 is 2.62 bits per heavy atom. The lowest BCUT2D eigenvalue weighted by atomic mass is 10.1. The number of hydrogen-bond donors (Lipinski definition) is 1. The maximum Gasteiger partial charge on any atom is 0.246 e. The van der Waals surface area contributed by atoms with Crippen molar-refractivity contribution >= 4 is 41.5 Å². The van der Waals surface area contributed by atoms with Crippen LogP contribution in [0.4, 0.5) is 5.69 Å². The van der Waals surface area contributed by atoms with Crippen LogP contribution in [-0.2, 0) is 16.6 Å². The number of aliphatic imine (C=N–C) groups is 1. The molecule has 1 atom stereocenters. The smallest absolute Gasteiger partial charge is 0.246 e. The number of morpholine rings is 1. The molecule has 1 N–H and O–H groups in total. The van der Waals surface area contributed by atoms with E-state index in [-0.39, 0.29) is 42.5 Å². The number of furan rings is 1. The van der Waals surface area contributed by atoms with E-state index in [4.69, 9.17) is 9.15 Å². The van der Waals surface area contributed by atoms with Crippen molar-refractivity contribution in [1.29, 1.82) is 0 Å². The predicted molar refractivity (Wildman–Crippen MR) is 132 cm³/mol. The van der Waals surface area contributed by atoms with E-state index in [0.717, 1.165) is 49.5 Å². The molecule has 2 aromatic heterocycles. The van der Waals surface area contributed by atoms with Crippen LogP contribution in [0.2, 0.25) is 0 Å². The van der Waals surface area contributed by atoms with E-state index in [2.05, 4.69) is 20.3 Å². The zero-order chi connectivity index (χ0) is 21.8. The van der Waals surface area contributed by atoms with Crippen LogP contribution in [0.25, 0.3) is 0 Å². The molecule has 2 aliphatic rings. The van der Waals surface area contributed by atoms with Gasteiger partial charge in [0.2, 0.25) is 5.91 Å². The number of piperazine rings is 1. The van der Waals surface area contributed by atoms with Gasteiger partial charge in [-0.1, -0.05) is 0 Å². The van der Waals surface area contributed by atoms with Gasteiger partial charge < -0.3 is 24.3 Å². The maximum absolute atomic E-state index is 12.8. The summed E-state index contributed by atoms with van der Waals surface area (Å²) in [6.07, 6.45) is 3.58. The first-order valence-corrected chi connectivity index (χ1v) is 10.7. The van der Waals surface area contributed by atoms with Gasteiger partial charge >= 0.3 is 0 Å². The van der Waals surface area contributed by atoms with Gasteiger partial charge in [0.25, 0.3) is 0 Å². The van der Waals surface area contributed by atoms with Crippen LogP contribution in [0, 0.1) is 6.92 Å². The third kappa shape index (κ3) is 5.62. The van der Waals surface area contributed by atoms with Crippen molar-refractivity contribution in [3.05, 3.63) is 36.0 Å². The number of aryl methyl sites for hydroxylation is 2. The maximum atomic E-state index is 12.8. The summed E-state index contributed by atoms with van der Waals surface area (Å²) in [5, 5.41) is 7.64. The average molecular weight is 557 g/mol. The zero-order valence-electron chi connectivity index (χ0n) is 18.9. The summed E-state index contributed by atoms with van der Waals surface area (Å²) < 4.78 is 13.2. The molecule has 1 unspecified atom stereocenters. The van der Waals surface area contributed by atoms with Crippen LogP contribution in [0.5, 0.6) is 0 Å². The first-order chi connectivity index (χ1) is 15.0. The standard InChI is InChI=1S/C21H31N7O3.HI/c1-16-4-5-19(31-16)18(26-8-10-30-11-9-26)13-23-21(22-2)27-6-7-28(20(29)15-27)17-12-24-25(3)14-17;/h4-5,12,14,18H,6-11,13,15H2,1-3H3,(H,22,23);1H. The number of anilines is 1. The van der Waals surface area contributed by atoms with Crippen LogP contribution < -0.4 is 10.2 Å². The van der Waals surface area contributed by atoms with Gasteiger partial charge in [-0.15, -0.1) is 24.0 Å². The Morgan fingerprint density at radius 2 is 2.03 bits per heavy atom. The van der Waals surface area contributed by atoms with Crippen LogP contribution in [0.1, 0.15) is 17.6 Å². The summed E-state index contributed by atoms with van der Waals surface area (Å²) in [5.41, 5.74) is 0.829. The number of carbonyl (C=O) groups is 1. The number of hydrogen-bond acceptors (Lipinski definition) is 6. The molecule has 0 spiro atoms. The second kappa shape index (κ2) is 11.1. The van der Waals surface area contributed by atoms with Crippen molar-refractivity contribution in [1.82, 2.24) is 24.9 Å². The fourth-order valence-corrected chi connectivity index (χ4v) is 4.13. The van der Waals surface area contributed by atoms with Crippen LogP contribution in [-0.4, -0.2) is 91.0 Å². The van der Waals surface area contributed by atoms with Crippen LogP contribution in [0.3, 0.4) is 0 Å². The Kier molecular flexibility index (Phi) is 8.54. The van der Waals surface area contributed by atoms with E-state index in [1.807, 2.05) is 37.2 Å². The van der Waals surface area contributed by atoms with Gasteiger partial charge in [-0.2, -0.15) is 5.10 Å². The molecule has 2 saturated heterocycles. The molecule has 1 amide bonds. The number of ether oxygens (including phenoxy) is 1. The van der Waals surface area contributed by atoms with Crippen molar-refractivity contribution in [3.8, 4) is 0 Å². The number of carbonyl (C=O) groups excluding carboxylic acids is 1. The van der Waals surface area contributed by atoms with E-state index in [0.29, 0.717) is 19.6 Å². The first kappa shape index (κ1) is 24.5. The monoisotopic (exact) mass is 557 g/mol. The summed E-state index contributed by atoms with van der Waals surface area (Å²) in [4.78, 5) is 23.4. The molecular weight excluding hydrogens is 525 g/mol. The third-order valence-corrected chi connectivity index (χ3v) is 5.76. The number of halogens is 1. The number of rotatable bonds is 5. The molecule has 11 heteroatoms. The lowest BCUT2D eigenvalue weighted by molar-refractivity contribution is -0.120. The fraction of sp³-hybridized carbons (Fsp3) is 0.571. The minimum Gasteiger partial charge on any atom is -0.465 e. The minimum absolute atomic E-state index is 0. The van der Waals surface area contributed by atoms with E-state index in [1.54, 1.807) is 22.8 Å². The first-order valence-electron chi connectivity index (χ1n) is 10.7. The molecule has 4 heterocycles. The Bertz CT molecular complexity index is 922. The van der Waals surface area contributed by atoms with Crippen LogP contribution in [0.15, 0.2) is 33.9 Å². The van der Waals surface area contributed by atoms with Crippen molar-refractivity contribution in [2.75, 3.05) is 64.4 Å². The van der Waals surface area contributed by atoms with Crippen molar-refractivity contribution in [2.45, 2.75) is 13.0 Å². The number of guanidine groups is 1. The summed E-state index contributed by atoms with van der Waals surface area (Å²) in [5.74, 6) is 2.59. The number of aromatic nitrogens is 2. The largest absolute Gasteiger partial charge is 0.465 e. The topological polar surface area (TPSA) is 91.4 Å². The van der Waals surface area contributed by atoms with Gasteiger partial charge in [0.05, 0.1) is 31.1 Å². The molecule has 10 nitrogen and oxygen atoms in total. The van der Waals surface area contributed by atoms with Gasteiger partial charge in [0.1, 0.15) is 18.1 Å². The van der Waals surface area contributed by atoms with Gasteiger partial charge in [0, 0.05) is 53.0 Å². The molecule has 0 aromatic carbocycles. The highest BCUT2D eigenvalue weighted by Crippen LogP contribution is 2.23. The van der Waals surface area contributed by atoms with Gasteiger partial charge in [-0.05, 0) is 19.1 Å². The highest BCUT2D eigenvalue weighted by atomic mass is 127. The fourth-order valence-electron chi connectivity index (χ4n) is 4.13. The van der Waals surface area contributed by atoms with Crippen molar-refractivity contribution < 1.29 is 13.9 Å². The van der Waals surface area contributed by atoms with Crippen LogP contribution >= 0.6 is 24.0 Å². The van der Waals surface area contributed by atoms with E-state index < -0.39 is 0 Å². The molecule has 2 fully saturated rings. The molecule has 32 heavy (non-hydrogen) atoms. The predicted octanol–water partition coefficient (Wildman–Crippen LogP) is 1.24. The lowest BCUT2D eigenvalue weighted by Gasteiger charge is -2.37. The summed E-state index contributed by atoms with van der Waals surface area (Å²) >= 11 is 0. The van der Waals surface area contributed by atoms with Gasteiger partial charge in [-0.25, -0.2) is 0 Å². The zero-order valence-corrected chi connectivity index (χ0v) is 21.2. The Morgan fingerprint density at radius 1 is 1.25 bits per heavy atom. The molecule has 2 aliphatic heterocycles. The molecule has 4 rings (SSSR count). The highest BCUT2D eigenvalue weighted by Gasteiger charge is 2.29. The average Bonchev–Trinajstić information content (AvgIpc) is 3.40. The summed E-state index contributed by atoms with van der Waals surface area (Å²) in [6.45, 7) is 7.30. The van der Waals surface area contributed by atoms with E-state index >= 15 is 0 Å². The number of amides is 1.